The van der Waals surface area contributed by atoms with Crippen molar-refractivity contribution >= 4 is 34.0 Å². The summed E-state index contributed by atoms with van der Waals surface area (Å²) in [4.78, 5) is 28.0. The molecule has 4 rings (SSSR count). The molecule has 2 N–H and O–H groups in total. The predicted octanol–water partition coefficient (Wildman–Crippen LogP) is 4.49. The summed E-state index contributed by atoms with van der Waals surface area (Å²) < 4.78 is 5.76. The molecule has 0 unspecified atom stereocenters. The van der Waals surface area contributed by atoms with Gasteiger partial charge in [0.1, 0.15) is 5.75 Å². The molecule has 0 fully saturated rings. The van der Waals surface area contributed by atoms with E-state index < -0.39 is 0 Å². The van der Waals surface area contributed by atoms with Crippen molar-refractivity contribution in [2.75, 3.05) is 17.2 Å². The number of ether oxygens (including phenoxy) is 1. The molecule has 2 heterocycles. The molecule has 0 aliphatic carbocycles. The molecule has 29 heavy (non-hydrogen) atoms. The maximum atomic E-state index is 12.2. The summed E-state index contributed by atoms with van der Waals surface area (Å²) in [5.41, 5.74) is 3.82. The minimum absolute atomic E-state index is 0.0494. The van der Waals surface area contributed by atoms with Crippen LogP contribution in [0.5, 0.6) is 5.75 Å². The summed E-state index contributed by atoms with van der Waals surface area (Å²) in [6.07, 6.45) is 2.19. The van der Waals surface area contributed by atoms with Crippen LogP contribution in [0.4, 0.5) is 10.8 Å². The summed E-state index contributed by atoms with van der Waals surface area (Å²) in [6.45, 7) is 0.450. The average Bonchev–Trinajstić information content (AvgIpc) is 3.20. The molecular weight excluding hydrogens is 386 g/mol. The lowest BCUT2D eigenvalue weighted by molar-refractivity contribution is -0.117. The number of amides is 2. The van der Waals surface area contributed by atoms with Crippen LogP contribution in [0.3, 0.4) is 0 Å². The molecule has 1 aliphatic heterocycles. The molecule has 148 valence electrons. The van der Waals surface area contributed by atoms with Crippen molar-refractivity contribution in [1.29, 1.82) is 0 Å². The second-order valence-electron chi connectivity index (χ2n) is 6.77. The number of carbonyl (C=O) groups excluding carboxylic acids is 2. The molecule has 0 bridgehead atoms. The van der Waals surface area contributed by atoms with Crippen molar-refractivity contribution in [3.8, 4) is 17.0 Å². The Morgan fingerprint density at radius 3 is 2.90 bits per heavy atom. The Kier molecular flexibility index (Phi) is 5.86. The summed E-state index contributed by atoms with van der Waals surface area (Å²) in [5, 5.41) is 8.24. The van der Waals surface area contributed by atoms with Gasteiger partial charge in [0.2, 0.25) is 11.8 Å². The van der Waals surface area contributed by atoms with E-state index >= 15 is 0 Å². The van der Waals surface area contributed by atoms with Gasteiger partial charge in [0.25, 0.3) is 0 Å². The van der Waals surface area contributed by atoms with Gasteiger partial charge in [-0.3, -0.25) is 9.59 Å². The first kappa shape index (κ1) is 19.1. The van der Waals surface area contributed by atoms with Crippen molar-refractivity contribution in [2.24, 2.45) is 0 Å². The number of aryl methyl sites for hydroxylation is 1. The fraction of sp³-hybridized carbons (Fsp3) is 0.227. The van der Waals surface area contributed by atoms with E-state index in [2.05, 4.69) is 15.6 Å². The van der Waals surface area contributed by atoms with Crippen LogP contribution >= 0.6 is 11.3 Å². The molecule has 7 heteroatoms. The number of carbonyl (C=O) groups is 2. The number of hydrogen-bond acceptors (Lipinski definition) is 5. The maximum Gasteiger partial charge on any atom is 0.226 e. The third-order valence-corrected chi connectivity index (χ3v) is 5.37. The highest BCUT2D eigenvalue weighted by molar-refractivity contribution is 7.14. The Morgan fingerprint density at radius 2 is 2.03 bits per heavy atom. The zero-order valence-corrected chi connectivity index (χ0v) is 16.6. The second-order valence-corrected chi connectivity index (χ2v) is 7.63. The van der Waals surface area contributed by atoms with Crippen molar-refractivity contribution in [3.05, 3.63) is 59.5 Å². The smallest absolute Gasteiger partial charge is 0.226 e. The Hall–Kier alpha value is -3.19. The highest BCUT2D eigenvalue weighted by Crippen LogP contribution is 2.27. The maximum absolute atomic E-state index is 12.2. The number of rotatable bonds is 7. The van der Waals surface area contributed by atoms with Crippen LogP contribution in [0.2, 0.25) is 0 Å². The number of nitrogens with one attached hydrogen (secondary N) is 2. The second kappa shape index (κ2) is 8.87. The number of nitrogens with zero attached hydrogens (tertiary/aromatic N) is 1. The van der Waals surface area contributed by atoms with Crippen molar-refractivity contribution in [3.63, 3.8) is 0 Å². The summed E-state index contributed by atoms with van der Waals surface area (Å²) in [5.74, 6) is 0.733. The standard InChI is InChI=1S/C22H21N3O3S/c26-20(25-22-24-19(14-29-22)15-5-2-1-3-6-15)7-4-12-28-17-9-10-18-16(13-17)8-11-21(27)23-18/h1-3,5-6,9-10,13-14H,4,7-8,11-12H2,(H,23,27)(H,24,25,26). The Balaban J connectivity index is 1.22. The number of thiazole rings is 1. The largest absolute Gasteiger partial charge is 0.494 e. The van der Waals surface area contributed by atoms with Crippen LogP contribution in [0.25, 0.3) is 11.3 Å². The Labute approximate surface area is 172 Å². The molecule has 0 saturated heterocycles. The molecule has 1 aromatic heterocycles. The van der Waals surface area contributed by atoms with Crippen LogP contribution in [0, 0.1) is 0 Å². The van der Waals surface area contributed by atoms with Gasteiger partial charge in [0, 0.05) is 29.5 Å². The van der Waals surface area contributed by atoms with E-state index in [0.717, 1.165) is 34.7 Å². The van der Waals surface area contributed by atoms with Crippen LogP contribution < -0.4 is 15.4 Å². The zero-order valence-electron chi connectivity index (χ0n) is 15.8. The summed E-state index contributed by atoms with van der Waals surface area (Å²) in [7, 11) is 0. The quantitative estimate of drug-likeness (QED) is 0.566. The fourth-order valence-electron chi connectivity index (χ4n) is 3.13. The Morgan fingerprint density at radius 1 is 1.17 bits per heavy atom. The van der Waals surface area contributed by atoms with E-state index in [4.69, 9.17) is 4.74 Å². The van der Waals surface area contributed by atoms with Gasteiger partial charge in [-0.05, 0) is 36.6 Å². The lowest BCUT2D eigenvalue weighted by Gasteiger charge is -2.17. The van der Waals surface area contributed by atoms with E-state index in [1.807, 2.05) is 53.9 Å². The first-order valence-corrected chi connectivity index (χ1v) is 10.4. The number of fused-ring (bicyclic) bond motifs is 1. The van der Waals surface area contributed by atoms with Gasteiger partial charge in [-0.2, -0.15) is 0 Å². The number of aromatic nitrogens is 1. The normalized spacial score (nSPS) is 12.8. The van der Waals surface area contributed by atoms with Crippen LogP contribution in [-0.4, -0.2) is 23.4 Å². The predicted molar refractivity (Wildman–Crippen MR) is 114 cm³/mol. The fourth-order valence-corrected chi connectivity index (χ4v) is 3.86. The van der Waals surface area contributed by atoms with Gasteiger partial charge in [-0.1, -0.05) is 30.3 Å². The van der Waals surface area contributed by atoms with Gasteiger partial charge in [0.05, 0.1) is 12.3 Å². The summed E-state index contributed by atoms with van der Waals surface area (Å²) in [6, 6.07) is 15.5. The molecule has 0 spiro atoms. The van der Waals surface area contributed by atoms with Gasteiger partial charge >= 0.3 is 0 Å². The van der Waals surface area contributed by atoms with E-state index in [1.165, 1.54) is 11.3 Å². The van der Waals surface area contributed by atoms with Gasteiger partial charge in [-0.25, -0.2) is 4.98 Å². The zero-order chi connectivity index (χ0) is 20.1. The van der Waals surface area contributed by atoms with Crippen LogP contribution in [-0.2, 0) is 16.0 Å². The first-order chi connectivity index (χ1) is 14.2. The van der Waals surface area contributed by atoms with E-state index in [-0.39, 0.29) is 11.8 Å². The highest BCUT2D eigenvalue weighted by Gasteiger charge is 2.15. The third-order valence-electron chi connectivity index (χ3n) is 4.61. The monoisotopic (exact) mass is 407 g/mol. The first-order valence-electron chi connectivity index (χ1n) is 9.54. The van der Waals surface area contributed by atoms with E-state index in [0.29, 0.717) is 31.0 Å². The lowest BCUT2D eigenvalue weighted by atomic mass is 10.0. The topological polar surface area (TPSA) is 80.3 Å². The van der Waals surface area contributed by atoms with Crippen molar-refractivity contribution in [1.82, 2.24) is 4.98 Å². The molecular formula is C22H21N3O3S. The third kappa shape index (κ3) is 5.00. The Bertz CT molecular complexity index is 1020. The SMILES string of the molecule is O=C(CCCOc1ccc2c(c1)CCC(=O)N2)Nc1nc(-c2ccccc2)cs1. The minimum Gasteiger partial charge on any atom is -0.494 e. The molecule has 0 atom stereocenters. The molecule has 0 saturated carbocycles. The summed E-state index contributed by atoms with van der Waals surface area (Å²) >= 11 is 1.42. The van der Waals surface area contributed by atoms with Crippen molar-refractivity contribution in [2.45, 2.75) is 25.7 Å². The number of benzene rings is 2. The van der Waals surface area contributed by atoms with Crippen LogP contribution in [0.15, 0.2) is 53.9 Å². The number of anilines is 2. The van der Waals surface area contributed by atoms with E-state index in [1.54, 1.807) is 0 Å². The molecule has 3 aromatic rings. The molecule has 1 aliphatic rings. The highest BCUT2D eigenvalue weighted by atomic mass is 32.1. The van der Waals surface area contributed by atoms with Gasteiger partial charge < -0.3 is 15.4 Å². The molecule has 2 aromatic carbocycles. The van der Waals surface area contributed by atoms with Crippen molar-refractivity contribution < 1.29 is 14.3 Å². The molecule has 0 radical (unpaired) electrons. The lowest BCUT2D eigenvalue weighted by Crippen LogP contribution is -2.18. The van der Waals surface area contributed by atoms with Gasteiger partial charge in [-0.15, -0.1) is 11.3 Å². The number of hydrogen-bond donors (Lipinski definition) is 2. The van der Waals surface area contributed by atoms with Gasteiger partial charge in [0.15, 0.2) is 5.13 Å². The molecule has 2 amide bonds. The minimum atomic E-state index is -0.0734. The average molecular weight is 407 g/mol. The molecule has 6 nitrogen and oxygen atoms in total. The van der Waals surface area contributed by atoms with E-state index in [9.17, 15) is 9.59 Å². The van der Waals surface area contributed by atoms with Crippen LogP contribution in [0.1, 0.15) is 24.8 Å².